The maximum atomic E-state index is 11.0. The highest BCUT2D eigenvalue weighted by Crippen LogP contribution is 2.22. The summed E-state index contributed by atoms with van der Waals surface area (Å²) in [7, 11) is 0. The minimum atomic E-state index is -0.226. The van der Waals surface area contributed by atoms with E-state index in [-0.39, 0.29) is 12.1 Å². The van der Waals surface area contributed by atoms with Gasteiger partial charge in [0.15, 0.2) is 0 Å². The van der Waals surface area contributed by atoms with Crippen molar-refractivity contribution in [1.82, 2.24) is 0 Å². The fourth-order valence-electron chi connectivity index (χ4n) is 2.08. The Labute approximate surface area is 107 Å². The first-order chi connectivity index (χ1) is 8.75. The Balaban J connectivity index is 1.78. The van der Waals surface area contributed by atoms with E-state index in [1.165, 1.54) is 6.92 Å². The average molecular weight is 246 g/mol. The molecule has 2 rings (SSSR count). The van der Waals surface area contributed by atoms with Gasteiger partial charge in [-0.15, -0.1) is 0 Å². The number of rotatable bonds is 5. The van der Waals surface area contributed by atoms with Gasteiger partial charge in [-0.25, -0.2) is 0 Å². The molecule has 3 nitrogen and oxygen atoms in total. The van der Waals surface area contributed by atoms with Crippen LogP contribution in [0.15, 0.2) is 42.0 Å². The van der Waals surface area contributed by atoms with Gasteiger partial charge in [-0.3, -0.25) is 4.79 Å². The molecule has 0 fully saturated rings. The van der Waals surface area contributed by atoms with Crippen LogP contribution in [0.4, 0.5) is 0 Å². The van der Waals surface area contributed by atoms with Crippen LogP contribution >= 0.6 is 0 Å². The molecule has 18 heavy (non-hydrogen) atoms. The molecule has 1 aliphatic carbocycles. The molecule has 0 spiro atoms. The van der Waals surface area contributed by atoms with Gasteiger partial charge in [0.1, 0.15) is 6.10 Å². The maximum Gasteiger partial charge on any atom is 0.303 e. The number of benzene rings is 1. The molecule has 0 saturated carbocycles. The third-order valence-corrected chi connectivity index (χ3v) is 2.94. The van der Waals surface area contributed by atoms with Crippen molar-refractivity contribution in [3.8, 4) is 0 Å². The highest BCUT2D eigenvalue weighted by atomic mass is 16.5. The topological polar surface area (TPSA) is 35.5 Å². The molecule has 0 N–H and O–H groups in total. The molecule has 96 valence electrons. The van der Waals surface area contributed by atoms with Crippen molar-refractivity contribution in [2.75, 3.05) is 6.61 Å². The van der Waals surface area contributed by atoms with E-state index in [9.17, 15) is 4.79 Å². The summed E-state index contributed by atoms with van der Waals surface area (Å²) in [6.07, 6.45) is 3.86. The second kappa shape index (κ2) is 6.36. The number of esters is 1. The molecular formula is C15H18O3. The van der Waals surface area contributed by atoms with Gasteiger partial charge in [-0.1, -0.05) is 36.4 Å². The van der Waals surface area contributed by atoms with Gasteiger partial charge < -0.3 is 9.47 Å². The molecule has 0 unspecified atom stereocenters. The number of ether oxygens (including phenoxy) is 2. The second-order valence-corrected chi connectivity index (χ2v) is 4.43. The van der Waals surface area contributed by atoms with E-state index >= 15 is 0 Å². The summed E-state index contributed by atoms with van der Waals surface area (Å²) in [5.41, 5.74) is 2.24. The first-order valence-electron chi connectivity index (χ1n) is 6.23. The van der Waals surface area contributed by atoms with Crippen LogP contribution < -0.4 is 0 Å². The summed E-state index contributed by atoms with van der Waals surface area (Å²) in [5.74, 6) is -0.226. The zero-order valence-corrected chi connectivity index (χ0v) is 10.6. The molecule has 3 heteroatoms. The summed E-state index contributed by atoms with van der Waals surface area (Å²) >= 11 is 0. The van der Waals surface area contributed by atoms with Crippen LogP contribution in [-0.2, 0) is 20.9 Å². The van der Waals surface area contributed by atoms with E-state index in [1.54, 1.807) is 0 Å². The highest BCUT2D eigenvalue weighted by Gasteiger charge is 2.21. The van der Waals surface area contributed by atoms with Gasteiger partial charge in [0.25, 0.3) is 0 Å². The van der Waals surface area contributed by atoms with Crippen molar-refractivity contribution in [2.24, 2.45) is 0 Å². The Morgan fingerprint density at radius 1 is 1.28 bits per heavy atom. The van der Waals surface area contributed by atoms with Gasteiger partial charge in [0.2, 0.25) is 0 Å². The summed E-state index contributed by atoms with van der Waals surface area (Å²) < 4.78 is 10.9. The summed E-state index contributed by atoms with van der Waals surface area (Å²) in [4.78, 5) is 11.0. The summed E-state index contributed by atoms with van der Waals surface area (Å²) in [5, 5.41) is 0. The predicted octanol–water partition coefficient (Wildman–Crippen LogP) is 2.86. The van der Waals surface area contributed by atoms with Gasteiger partial charge in [-0.2, -0.15) is 0 Å². The Morgan fingerprint density at radius 2 is 2.06 bits per heavy atom. The molecule has 0 aliphatic heterocycles. The minimum Gasteiger partial charge on any atom is -0.458 e. The van der Waals surface area contributed by atoms with Crippen molar-refractivity contribution in [3.05, 3.63) is 47.5 Å². The zero-order chi connectivity index (χ0) is 12.8. The molecular weight excluding hydrogens is 228 g/mol. The number of hydrogen-bond acceptors (Lipinski definition) is 3. The van der Waals surface area contributed by atoms with Gasteiger partial charge in [-0.05, 0) is 24.0 Å². The molecule has 0 bridgehead atoms. The van der Waals surface area contributed by atoms with Crippen LogP contribution in [-0.4, -0.2) is 18.7 Å². The molecule has 1 atom stereocenters. The Hall–Kier alpha value is -1.61. The summed E-state index contributed by atoms with van der Waals surface area (Å²) in [6.45, 7) is 2.57. The van der Waals surface area contributed by atoms with Crippen molar-refractivity contribution in [1.29, 1.82) is 0 Å². The third kappa shape index (κ3) is 3.70. The van der Waals surface area contributed by atoms with Crippen LogP contribution in [0.3, 0.4) is 0 Å². The lowest BCUT2D eigenvalue weighted by Crippen LogP contribution is -2.18. The van der Waals surface area contributed by atoms with Crippen LogP contribution in [0.2, 0.25) is 0 Å². The fraction of sp³-hybridized carbons (Fsp3) is 0.400. The largest absolute Gasteiger partial charge is 0.458 e. The van der Waals surface area contributed by atoms with Crippen LogP contribution in [0.5, 0.6) is 0 Å². The lowest BCUT2D eigenvalue weighted by molar-refractivity contribution is -0.144. The minimum absolute atomic E-state index is 0.0849. The molecule has 0 aromatic heterocycles. The number of carbonyl (C=O) groups excluding carboxylic acids is 1. The Kier molecular flexibility index (Phi) is 4.53. The van der Waals surface area contributed by atoms with E-state index in [1.807, 2.05) is 30.3 Å². The molecule has 0 heterocycles. The van der Waals surface area contributed by atoms with Gasteiger partial charge in [0, 0.05) is 6.92 Å². The molecule has 0 amide bonds. The van der Waals surface area contributed by atoms with Crippen LogP contribution in [0, 0.1) is 0 Å². The SMILES string of the molecule is CC(=O)O[C@@H]1CCC=C1COCc1ccccc1. The molecule has 1 aliphatic rings. The third-order valence-electron chi connectivity index (χ3n) is 2.94. The molecule has 1 aromatic carbocycles. The lowest BCUT2D eigenvalue weighted by Gasteiger charge is -2.15. The number of allylic oxidation sites excluding steroid dienone is 1. The van der Waals surface area contributed by atoms with E-state index in [0.717, 1.165) is 24.0 Å². The number of hydrogen-bond donors (Lipinski definition) is 0. The van der Waals surface area contributed by atoms with E-state index in [2.05, 4.69) is 6.08 Å². The van der Waals surface area contributed by atoms with E-state index < -0.39 is 0 Å². The van der Waals surface area contributed by atoms with Crippen molar-refractivity contribution < 1.29 is 14.3 Å². The standard InChI is InChI=1S/C15H18O3/c1-12(16)18-15-9-5-8-14(15)11-17-10-13-6-3-2-4-7-13/h2-4,6-8,15H,5,9-11H2,1H3/t15-/m1/s1. The molecule has 0 radical (unpaired) electrons. The highest BCUT2D eigenvalue weighted by molar-refractivity contribution is 5.66. The zero-order valence-electron chi connectivity index (χ0n) is 10.6. The summed E-state index contributed by atoms with van der Waals surface area (Å²) in [6, 6.07) is 10.0. The normalized spacial score (nSPS) is 18.5. The van der Waals surface area contributed by atoms with Gasteiger partial charge >= 0.3 is 5.97 Å². The Bertz CT molecular complexity index is 423. The lowest BCUT2D eigenvalue weighted by atomic mass is 10.2. The van der Waals surface area contributed by atoms with E-state index in [4.69, 9.17) is 9.47 Å². The van der Waals surface area contributed by atoms with E-state index in [0.29, 0.717) is 13.2 Å². The van der Waals surface area contributed by atoms with Crippen molar-refractivity contribution in [2.45, 2.75) is 32.5 Å². The quantitative estimate of drug-likeness (QED) is 0.592. The van der Waals surface area contributed by atoms with Crippen molar-refractivity contribution >= 4 is 5.97 Å². The van der Waals surface area contributed by atoms with Gasteiger partial charge in [0.05, 0.1) is 13.2 Å². The van der Waals surface area contributed by atoms with Crippen LogP contribution in [0.1, 0.15) is 25.3 Å². The smallest absolute Gasteiger partial charge is 0.303 e. The second-order valence-electron chi connectivity index (χ2n) is 4.43. The molecule has 0 saturated heterocycles. The first-order valence-corrected chi connectivity index (χ1v) is 6.23. The average Bonchev–Trinajstić information content (AvgIpc) is 2.77. The maximum absolute atomic E-state index is 11.0. The first kappa shape index (κ1) is 12.8. The molecule has 1 aromatic rings. The van der Waals surface area contributed by atoms with Crippen molar-refractivity contribution in [3.63, 3.8) is 0 Å². The Morgan fingerprint density at radius 3 is 2.78 bits per heavy atom. The van der Waals surface area contributed by atoms with Crippen LogP contribution in [0.25, 0.3) is 0 Å². The fourth-order valence-corrected chi connectivity index (χ4v) is 2.08. The monoisotopic (exact) mass is 246 g/mol. The predicted molar refractivity (Wildman–Crippen MR) is 69.0 cm³/mol. The number of carbonyl (C=O) groups is 1.